The van der Waals surface area contributed by atoms with Gasteiger partial charge in [0.25, 0.3) is 0 Å². The molecule has 4 rings (SSSR count). The third kappa shape index (κ3) is 8.80. The smallest absolute Gasteiger partial charge is 0.0558 e. The highest BCUT2D eigenvalue weighted by Gasteiger charge is 2.19. The highest BCUT2D eigenvalue weighted by Crippen LogP contribution is 2.15. The number of aryl methyl sites for hydroxylation is 1. The maximum Gasteiger partial charge on any atom is 0.0558 e. The zero-order chi connectivity index (χ0) is 24.1. The monoisotopic (exact) mass is 464 g/mol. The van der Waals surface area contributed by atoms with E-state index in [4.69, 9.17) is 0 Å². The van der Waals surface area contributed by atoms with Crippen molar-refractivity contribution in [3.63, 3.8) is 0 Å². The fourth-order valence-electron chi connectivity index (χ4n) is 4.52. The van der Waals surface area contributed by atoms with Crippen LogP contribution in [-0.2, 0) is 25.9 Å². The van der Waals surface area contributed by atoms with Gasteiger partial charge in [0.05, 0.1) is 6.10 Å². The summed E-state index contributed by atoms with van der Waals surface area (Å²) in [6.45, 7) is 1.59. The molecule has 0 fully saturated rings. The van der Waals surface area contributed by atoms with Crippen LogP contribution in [0.2, 0.25) is 0 Å². The van der Waals surface area contributed by atoms with Gasteiger partial charge in [-0.1, -0.05) is 121 Å². The average molecular weight is 465 g/mol. The first-order chi connectivity index (χ1) is 17.2. The second-order valence-electron chi connectivity index (χ2n) is 9.26. The van der Waals surface area contributed by atoms with Gasteiger partial charge in [0, 0.05) is 19.1 Å². The van der Waals surface area contributed by atoms with E-state index in [1.165, 1.54) is 22.3 Å². The number of nitrogens with zero attached hydrogens (tertiary/aromatic N) is 1. The number of aliphatic hydroxyl groups is 1. The predicted octanol–water partition coefficient (Wildman–Crippen LogP) is 6.19. The zero-order valence-electron chi connectivity index (χ0n) is 20.3. The summed E-state index contributed by atoms with van der Waals surface area (Å²) in [5, 5.41) is 13.3. The molecule has 0 amide bonds. The molecule has 0 aliphatic carbocycles. The Morgan fingerprint density at radius 3 is 1.49 bits per heavy atom. The normalized spacial score (nSPS) is 13.0. The molecule has 3 nitrogen and oxygen atoms in total. The minimum absolute atomic E-state index is 0.121. The molecule has 4 aromatic rings. The number of rotatable bonds is 13. The van der Waals surface area contributed by atoms with Crippen LogP contribution >= 0.6 is 0 Å². The van der Waals surface area contributed by atoms with E-state index in [2.05, 4.69) is 126 Å². The van der Waals surface area contributed by atoms with Gasteiger partial charge in [-0.2, -0.15) is 0 Å². The average Bonchev–Trinajstić information content (AvgIpc) is 2.90. The van der Waals surface area contributed by atoms with Gasteiger partial charge in [-0.05, 0) is 47.9 Å². The van der Waals surface area contributed by atoms with Crippen molar-refractivity contribution in [3.8, 4) is 0 Å². The lowest BCUT2D eigenvalue weighted by molar-refractivity contribution is 0.0907. The van der Waals surface area contributed by atoms with Crippen LogP contribution in [0.4, 0.5) is 0 Å². The molecule has 0 aliphatic heterocycles. The quantitative estimate of drug-likeness (QED) is 0.232. The number of hydrazine groups is 1. The molecule has 0 saturated heterocycles. The molecule has 0 aliphatic rings. The largest absolute Gasteiger partial charge is 0.393 e. The van der Waals surface area contributed by atoms with Crippen LogP contribution in [0.15, 0.2) is 121 Å². The van der Waals surface area contributed by atoms with E-state index in [-0.39, 0.29) is 12.1 Å². The molecule has 0 spiro atoms. The van der Waals surface area contributed by atoms with Gasteiger partial charge < -0.3 is 5.11 Å². The van der Waals surface area contributed by atoms with E-state index in [0.717, 1.165) is 32.4 Å². The van der Waals surface area contributed by atoms with Crippen molar-refractivity contribution < 1.29 is 5.11 Å². The number of benzene rings is 4. The maximum atomic E-state index is 11.0. The molecule has 0 bridgehead atoms. The van der Waals surface area contributed by atoms with Crippen molar-refractivity contribution in [3.05, 3.63) is 144 Å². The highest BCUT2D eigenvalue weighted by molar-refractivity contribution is 5.18. The number of nitrogens with one attached hydrogen (secondary N) is 1. The number of aliphatic hydroxyl groups excluding tert-OH is 1. The lowest BCUT2D eigenvalue weighted by Crippen LogP contribution is -2.46. The summed E-state index contributed by atoms with van der Waals surface area (Å²) >= 11 is 0. The SMILES string of the molecule is OC(CCc1ccccc1)CC(Cc1ccccc1)NN(Cc1ccccc1)Cc1ccccc1. The van der Waals surface area contributed by atoms with E-state index in [1.54, 1.807) is 0 Å². The predicted molar refractivity (Wildman–Crippen MR) is 145 cm³/mol. The Bertz CT molecular complexity index is 1050. The van der Waals surface area contributed by atoms with Gasteiger partial charge in [0.15, 0.2) is 0 Å². The molecular weight excluding hydrogens is 428 g/mol. The minimum atomic E-state index is -0.369. The van der Waals surface area contributed by atoms with E-state index >= 15 is 0 Å². The van der Waals surface area contributed by atoms with E-state index in [1.807, 2.05) is 6.07 Å². The fourth-order valence-corrected chi connectivity index (χ4v) is 4.52. The zero-order valence-corrected chi connectivity index (χ0v) is 20.3. The van der Waals surface area contributed by atoms with E-state index < -0.39 is 0 Å². The molecule has 2 atom stereocenters. The van der Waals surface area contributed by atoms with Crippen molar-refractivity contribution in [2.45, 2.75) is 50.9 Å². The van der Waals surface area contributed by atoms with Gasteiger partial charge in [-0.15, -0.1) is 0 Å². The molecule has 0 aromatic heterocycles. The third-order valence-corrected chi connectivity index (χ3v) is 6.29. The van der Waals surface area contributed by atoms with Crippen molar-refractivity contribution in [1.29, 1.82) is 0 Å². The Morgan fingerprint density at radius 2 is 1.00 bits per heavy atom. The summed E-state index contributed by atoms with van der Waals surface area (Å²) in [6.07, 6.45) is 2.84. The van der Waals surface area contributed by atoms with Crippen LogP contribution in [-0.4, -0.2) is 22.3 Å². The molecule has 0 heterocycles. The first-order valence-corrected chi connectivity index (χ1v) is 12.6. The Balaban J connectivity index is 1.47. The first-order valence-electron chi connectivity index (χ1n) is 12.6. The summed E-state index contributed by atoms with van der Waals surface area (Å²) in [4.78, 5) is 0. The summed E-state index contributed by atoms with van der Waals surface area (Å²) in [5.74, 6) is 0. The molecule has 4 aromatic carbocycles. The molecule has 180 valence electrons. The Morgan fingerprint density at radius 1 is 0.571 bits per heavy atom. The molecular formula is C32H36N2O. The topological polar surface area (TPSA) is 35.5 Å². The summed E-state index contributed by atoms with van der Waals surface area (Å²) < 4.78 is 0. The van der Waals surface area contributed by atoms with Crippen molar-refractivity contribution in [2.75, 3.05) is 0 Å². The van der Waals surface area contributed by atoms with Crippen LogP contribution < -0.4 is 5.43 Å². The summed E-state index contributed by atoms with van der Waals surface area (Å²) in [5.41, 5.74) is 8.88. The van der Waals surface area contributed by atoms with Crippen molar-refractivity contribution in [2.24, 2.45) is 0 Å². The molecule has 2 unspecified atom stereocenters. The number of hydrogen-bond donors (Lipinski definition) is 2. The Hall–Kier alpha value is -3.24. The van der Waals surface area contributed by atoms with Gasteiger partial charge in [0.1, 0.15) is 0 Å². The molecule has 0 saturated carbocycles. The van der Waals surface area contributed by atoms with E-state index in [0.29, 0.717) is 6.42 Å². The summed E-state index contributed by atoms with van der Waals surface area (Å²) in [7, 11) is 0. The maximum absolute atomic E-state index is 11.0. The van der Waals surface area contributed by atoms with Crippen molar-refractivity contribution in [1.82, 2.24) is 10.4 Å². The van der Waals surface area contributed by atoms with Gasteiger partial charge in [-0.3, -0.25) is 5.43 Å². The first kappa shape index (κ1) is 24.9. The molecule has 35 heavy (non-hydrogen) atoms. The molecule has 0 radical (unpaired) electrons. The van der Waals surface area contributed by atoms with Gasteiger partial charge in [-0.25, -0.2) is 5.01 Å². The van der Waals surface area contributed by atoms with Crippen LogP contribution in [0.3, 0.4) is 0 Å². The molecule has 2 N–H and O–H groups in total. The van der Waals surface area contributed by atoms with Crippen LogP contribution in [0, 0.1) is 0 Å². The lowest BCUT2D eigenvalue weighted by Gasteiger charge is -2.31. The molecule has 3 heteroatoms. The van der Waals surface area contributed by atoms with Gasteiger partial charge >= 0.3 is 0 Å². The second-order valence-corrected chi connectivity index (χ2v) is 9.26. The van der Waals surface area contributed by atoms with Crippen molar-refractivity contribution >= 4 is 0 Å². The van der Waals surface area contributed by atoms with Crippen LogP contribution in [0.25, 0.3) is 0 Å². The minimum Gasteiger partial charge on any atom is -0.393 e. The van der Waals surface area contributed by atoms with Crippen LogP contribution in [0.1, 0.15) is 35.1 Å². The van der Waals surface area contributed by atoms with E-state index in [9.17, 15) is 5.11 Å². The van der Waals surface area contributed by atoms with Crippen LogP contribution in [0.5, 0.6) is 0 Å². The highest BCUT2D eigenvalue weighted by atomic mass is 16.3. The second kappa shape index (κ2) is 13.6. The summed E-state index contributed by atoms with van der Waals surface area (Å²) in [6, 6.07) is 42.2. The fraction of sp³-hybridized carbons (Fsp3) is 0.250. The Kier molecular flexibility index (Phi) is 9.66. The standard InChI is InChI=1S/C32H36N2O/c35-32(22-21-27-13-5-1-6-14-27)24-31(23-28-15-7-2-8-16-28)33-34(25-29-17-9-3-10-18-29)26-30-19-11-4-12-20-30/h1-20,31-33,35H,21-26H2. The third-order valence-electron chi connectivity index (χ3n) is 6.29. The Labute approximate surface area is 210 Å². The lowest BCUT2D eigenvalue weighted by atomic mass is 9.97. The number of hydrogen-bond acceptors (Lipinski definition) is 3. The van der Waals surface area contributed by atoms with Gasteiger partial charge in [0.2, 0.25) is 0 Å².